The van der Waals surface area contributed by atoms with Gasteiger partial charge < -0.3 is 14.8 Å². The van der Waals surface area contributed by atoms with Crippen molar-refractivity contribution in [2.45, 2.75) is 20.0 Å². The third kappa shape index (κ3) is 4.14. The zero-order valence-electron chi connectivity index (χ0n) is 13.3. The largest absolute Gasteiger partial charge is 0.493 e. The molecule has 0 aliphatic carbocycles. The summed E-state index contributed by atoms with van der Waals surface area (Å²) in [5.74, 6) is -1.62. The maximum atomic E-state index is 13.6. The topological polar surface area (TPSA) is 47.6 Å². The Kier molecular flexibility index (Phi) is 5.62. The fourth-order valence-electron chi connectivity index (χ4n) is 1.99. The van der Waals surface area contributed by atoms with Crippen LogP contribution >= 0.6 is 11.6 Å². The van der Waals surface area contributed by atoms with Gasteiger partial charge in [0.15, 0.2) is 11.5 Å². The fourth-order valence-corrected chi connectivity index (χ4v) is 2.24. The van der Waals surface area contributed by atoms with Crippen LogP contribution < -0.4 is 14.8 Å². The van der Waals surface area contributed by atoms with Crippen LogP contribution in [0.3, 0.4) is 0 Å². The molecule has 2 aromatic carbocycles. The Balaban J connectivity index is 2.31. The number of rotatable bonds is 5. The quantitative estimate of drug-likeness (QED) is 0.848. The van der Waals surface area contributed by atoms with Gasteiger partial charge in [0, 0.05) is 11.6 Å². The van der Waals surface area contributed by atoms with Crippen molar-refractivity contribution in [3.8, 4) is 11.5 Å². The Morgan fingerprint density at radius 3 is 2.50 bits per heavy atom. The first-order valence-electron chi connectivity index (χ1n) is 7.12. The van der Waals surface area contributed by atoms with Crippen LogP contribution in [0.15, 0.2) is 30.3 Å². The van der Waals surface area contributed by atoms with Crippen LogP contribution in [0.1, 0.15) is 24.2 Å². The van der Waals surface area contributed by atoms with Crippen LogP contribution in [0.2, 0.25) is 5.02 Å². The third-order valence-corrected chi connectivity index (χ3v) is 3.31. The highest BCUT2D eigenvalue weighted by atomic mass is 35.5. The van der Waals surface area contributed by atoms with Gasteiger partial charge in [0.05, 0.1) is 23.9 Å². The molecule has 1 amide bonds. The van der Waals surface area contributed by atoms with Crippen molar-refractivity contribution >= 4 is 23.2 Å². The number of hydrogen-bond donors (Lipinski definition) is 1. The number of carbonyl (C=O) groups excluding carboxylic acids is 1. The second-order valence-electron chi connectivity index (χ2n) is 5.23. The lowest BCUT2D eigenvalue weighted by Crippen LogP contribution is -2.14. The van der Waals surface area contributed by atoms with Gasteiger partial charge in [-0.2, -0.15) is 0 Å². The van der Waals surface area contributed by atoms with Crippen molar-refractivity contribution in [2.75, 3.05) is 12.4 Å². The molecule has 2 rings (SSSR count). The summed E-state index contributed by atoms with van der Waals surface area (Å²) in [6.07, 6.45) is -0.135. The zero-order valence-corrected chi connectivity index (χ0v) is 14.1. The standard InChI is InChI=1S/C17H16ClF2NO3/c1-9(2)24-16-12(18)6-10(7-15(16)23-3)17(22)21-14-5-4-11(19)8-13(14)20/h4-9H,1-3H3,(H,21,22). The van der Waals surface area contributed by atoms with E-state index in [1.54, 1.807) is 0 Å². The van der Waals surface area contributed by atoms with Crippen LogP contribution in [0.4, 0.5) is 14.5 Å². The molecular weight excluding hydrogens is 340 g/mol. The Morgan fingerprint density at radius 1 is 1.21 bits per heavy atom. The zero-order chi connectivity index (χ0) is 17.9. The van der Waals surface area contributed by atoms with E-state index in [0.717, 1.165) is 12.1 Å². The van der Waals surface area contributed by atoms with Crippen LogP contribution in [0.25, 0.3) is 0 Å². The molecule has 7 heteroatoms. The lowest BCUT2D eigenvalue weighted by atomic mass is 10.1. The van der Waals surface area contributed by atoms with Crippen molar-refractivity contribution in [2.24, 2.45) is 0 Å². The van der Waals surface area contributed by atoms with E-state index in [4.69, 9.17) is 21.1 Å². The smallest absolute Gasteiger partial charge is 0.255 e. The molecule has 0 fully saturated rings. The van der Waals surface area contributed by atoms with E-state index in [2.05, 4.69) is 5.32 Å². The summed E-state index contributed by atoms with van der Waals surface area (Å²) >= 11 is 6.15. The summed E-state index contributed by atoms with van der Waals surface area (Å²) in [5, 5.41) is 2.54. The molecule has 0 saturated heterocycles. The van der Waals surface area contributed by atoms with E-state index in [0.29, 0.717) is 11.8 Å². The number of ether oxygens (including phenoxy) is 2. The number of carbonyl (C=O) groups is 1. The molecule has 128 valence electrons. The number of anilines is 1. The first-order valence-corrected chi connectivity index (χ1v) is 7.50. The van der Waals surface area contributed by atoms with Crippen molar-refractivity contribution in [3.63, 3.8) is 0 Å². The van der Waals surface area contributed by atoms with E-state index >= 15 is 0 Å². The Morgan fingerprint density at radius 2 is 1.92 bits per heavy atom. The van der Waals surface area contributed by atoms with E-state index < -0.39 is 17.5 Å². The van der Waals surface area contributed by atoms with Gasteiger partial charge in [0.1, 0.15) is 11.6 Å². The van der Waals surface area contributed by atoms with Crippen LogP contribution in [-0.4, -0.2) is 19.1 Å². The van der Waals surface area contributed by atoms with E-state index in [-0.39, 0.29) is 28.1 Å². The summed E-state index contributed by atoms with van der Waals surface area (Å²) in [6.45, 7) is 3.65. The first kappa shape index (κ1) is 18.0. The van der Waals surface area contributed by atoms with Crippen LogP contribution in [0, 0.1) is 11.6 Å². The second-order valence-corrected chi connectivity index (χ2v) is 5.64. The fraction of sp³-hybridized carbons (Fsp3) is 0.235. The first-order chi connectivity index (χ1) is 11.3. The molecule has 2 aromatic rings. The molecule has 0 aliphatic heterocycles. The average molecular weight is 356 g/mol. The van der Waals surface area contributed by atoms with Crippen molar-refractivity contribution in [1.82, 2.24) is 0 Å². The van der Waals surface area contributed by atoms with E-state index in [9.17, 15) is 13.6 Å². The van der Waals surface area contributed by atoms with Crippen molar-refractivity contribution in [3.05, 3.63) is 52.6 Å². The van der Waals surface area contributed by atoms with Gasteiger partial charge in [-0.3, -0.25) is 4.79 Å². The summed E-state index contributed by atoms with van der Waals surface area (Å²) < 4.78 is 37.3. The predicted molar refractivity (Wildman–Crippen MR) is 88.1 cm³/mol. The Bertz CT molecular complexity index is 766. The molecule has 0 aliphatic rings. The van der Waals surface area contributed by atoms with E-state index in [1.165, 1.54) is 19.2 Å². The van der Waals surface area contributed by atoms with Gasteiger partial charge in [-0.1, -0.05) is 11.6 Å². The molecule has 0 aromatic heterocycles. The maximum absolute atomic E-state index is 13.6. The molecule has 24 heavy (non-hydrogen) atoms. The van der Waals surface area contributed by atoms with Crippen LogP contribution in [-0.2, 0) is 0 Å². The minimum absolute atomic E-state index is 0.135. The monoisotopic (exact) mass is 355 g/mol. The summed E-state index contributed by atoms with van der Waals surface area (Å²) in [7, 11) is 1.42. The highest BCUT2D eigenvalue weighted by Gasteiger charge is 2.18. The highest BCUT2D eigenvalue weighted by molar-refractivity contribution is 6.32. The molecular formula is C17H16ClF2NO3. The van der Waals surface area contributed by atoms with Crippen molar-refractivity contribution < 1.29 is 23.0 Å². The Hall–Kier alpha value is -2.34. The summed E-state index contributed by atoms with van der Waals surface area (Å²) in [6, 6.07) is 5.69. The number of amides is 1. The molecule has 4 nitrogen and oxygen atoms in total. The molecule has 0 atom stereocenters. The lowest BCUT2D eigenvalue weighted by Gasteiger charge is -2.16. The van der Waals surface area contributed by atoms with E-state index in [1.807, 2.05) is 13.8 Å². The predicted octanol–water partition coefficient (Wildman–Crippen LogP) is 4.67. The highest BCUT2D eigenvalue weighted by Crippen LogP contribution is 2.37. The molecule has 0 heterocycles. The van der Waals surface area contributed by atoms with Gasteiger partial charge >= 0.3 is 0 Å². The summed E-state index contributed by atoms with van der Waals surface area (Å²) in [5.41, 5.74) is 0.00989. The average Bonchev–Trinajstić information content (AvgIpc) is 2.51. The molecule has 0 saturated carbocycles. The number of halogens is 3. The minimum Gasteiger partial charge on any atom is -0.493 e. The molecule has 0 bridgehead atoms. The van der Waals surface area contributed by atoms with Crippen LogP contribution in [0.5, 0.6) is 11.5 Å². The Labute approximate surface area is 143 Å². The molecule has 1 N–H and O–H groups in total. The number of nitrogens with one attached hydrogen (secondary N) is 1. The summed E-state index contributed by atoms with van der Waals surface area (Å²) in [4.78, 5) is 12.3. The maximum Gasteiger partial charge on any atom is 0.255 e. The third-order valence-electron chi connectivity index (χ3n) is 3.02. The minimum atomic E-state index is -0.874. The van der Waals surface area contributed by atoms with Gasteiger partial charge in [-0.05, 0) is 38.1 Å². The SMILES string of the molecule is COc1cc(C(=O)Nc2ccc(F)cc2F)cc(Cl)c1OC(C)C. The lowest BCUT2D eigenvalue weighted by molar-refractivity contribution is 0.102. The van der Waals surface area contributed by atoms with Gasteiger partial charge in [-0.15, -0.1) is 0 Å². The molecule has 0 unspecified atom stereocenters. The number of benzene rings is 2. The number of hydrogen-bond acceptors (Lipinski definition) is 3. The van der Waals surface area contributed by atoms with Gasteiger partial charge in [-0.25, -0.2) is 8.78 Å². The number of methoxy groups -OCH3 is 1. The van der Waals surface area contributed by atoms with Crippen molar-refractivity contribution in [1.29, 1.82) is 0 Å². The normalized spacial score (nSPS) is 10.6. The molecule has 0 radical (unpaired) electrons. The second kappa shape index (κ2) is 7.49. The van der Waals surface area contributed by atoms with Gasteiger partial charge in [0.25, 0.3) is 5.91 Å². The molecule has 0 spiro atoms. The van der Waals surface area contributed by atoms with Gasteiger partial charge in [0.2, 0.25) is 0 Å².